The van der Waals surface area contributed by atoms with E-state index in [2.05, 4.69) is 0 Å². The van der Waals surface area contributed by atoms with E-state index in [9.17, 15) is 0 Å². The van der Waals surface area contributed by atoms with Gasteiger partial charge in [0.1, 0.15) is 0 Å². The van der Waals surface area contributed by atoms with Gasteiger partial charge in [-0.2, -0.15) is 0 Å². The lowest BCUT2D eigenvalue weighted by molar-refractivity contribution is 0.453. The largest absolute Gasteiger partial charge is 0.438 e. The molecule has 0 radical (unpaired) electrons. The Labute approximate surface area is 40.3 Å². The first kappa shape index (κ1) is 4.34. The van der Waals surface area contributed by atoms with E-state index in [-0.39, 0.29) is 0 Å². The van der Waals surface area contributed by atoms with E-state index >= 15 is 0 Å². The van der Waals surface area contributed by atoms with Gasteiger partial charge in [0, 0.05) is 0 Å². The quantitative estimate of drug-likeness (QED) is 0.463. The van der Waals surface area contributed by atoms with E-state index in [1.807, 2.05) is 0 Å². The molecule has 6 heavy (non-hydrogen) atoms. The molecule has 1 fully saturated rings. The Kier molecular flexibility index (Phi) is 1.27. The average Bonchev–Trinajstić information content (AvgIpc) is 1.31. The van der Waals surface area contributed by atoms with Crippen LogP contribution >= 0.6 is 0 Å². The molecule has 2 heteroatoms. The second-order valence-electron chi connectivity index (χ2n) is 1.98. The van der Waals surface area contributed by atoms with E-state index < -0.39 is 9.76 Å². The molecule has 0 unspecified atom stereocenters. The van der Waals surface area contributed by atoms with Crippen LogP contribution in [0, 0.1) is 0 Å². The highest BCUT2D eigenvalue weighted by Crippen LogP contribution is 2.30. The van der Waals surface area contributed by atoms with Crippen molar-refractivity contribution in [2.75, 3.05) is 0 Å². The van der Waals surface area contributed by atoms with Crippen molar-refractivity contribution >= 4 is 9.76 Å². The van der Waals surface area contributed by atoms with Crippen LogP contribution < -0.4 is 0 Å². The van der Waals surface area contributed by atoms with Crippen LogP contribution in [-0.2, 0) is 0 Å². The summed E-state index contributed by atoms with van der Waals surface area (Å²) in [5.74, 6) is 0. The van der Waals surface area contributed by atoms with Crippen molar-refractivity contribution in [2.45, 2.75) is 24.8 Å². The second-order valence-corrected chi connectivity index (χ2v) is 3.50. The molecule has 36 valence electrons. The summed E-state index contributed by atoms with van der Waals surface area (Å²) in [6.07, 6.45) is 4.02. The monoisotopic (exact) mass is 102 g/mol. The molecule has 0 bridgehead atoms. The number of hydrogen-bond donors (Lipinski definition) is 1. The Morgan fingerprint density at radius 1 is 1.50 bits per heavy atom. The molecule has 1 N–H and O–H groups in total. The van der Waals surface area contributed by atoms with Crippen molar-refractivity contribution in [1.82, 2.24) is 0 Å². The Morgan fingerprint density at radius 3 is 2.17 bits per heavy atom. The maximum absolute atomic E-state index is 8.52. The SMILES string of the molecule is O[SiH2]C1CCC1. The molecule has 0 amide bonds. The molecule has 0 saturated heterocycles. The van der Waals surface area contributed by atoms with Crippen molar-refractivity contribution in [3.8, 4) is 0 Å². The Balaban J connectivity index is 2.01. The summed E-state index contributed by atoms with van der Waals surface area (Å²) in [6.45, 7) is 0. The van der Waals surface area contributed by atoms with Gasteiger partial charge in [-0.3, -0.25) is 0 Å². The van der Waals surface area contributed by atoms with Crippen molar-refractivity contribution in [1.29, 1.82) is 0 Å². The summed E-state index contributed by atoms with van der Waals surface area (Å²) < 4.78 is 0. The fourth-order valence-electron chi connectivity index (χ4n) is 0.675. The first-order valence-electron chi connectivity index (χ1n) is 2.54. The number of rotatable bonds is 1. The molecule has 0 aromatic rings. The topological polar surface area (TPSA) is 20.2 Å². The maximum Gasteiger partial charge on any atom is 0.159 e. The minimum absolute atomic E-state index is 0.575. The van der Waals surface area contributed by atoms with E-state index in [1.165, 1.54) is 19.3 Å². The van der Waals surface area contributed by atoms with Crippen LogP contribution in [0.1, 0.15) is 19.3 Å². The number of hydrogen-bond acceptors (Lipinski definition) is 1. The fourth-order valence-corrected chi connectivity index (χ4v) is 1.62. The molecule has 0 aliphatic heterocycles. The zero-order valence-corrected chi connectivity index (χ0v) is 5.27. The van der Waals surface area contributed by atoms with Gasteiger partial charge in [-0.15, -0.1) is 0 Å². The predicted molar refractivity (Wildman–Crippen MR) is 28.4 cm³/mol. The minimum atomic E-state index is -0.575. The van der Waals surface area contributed by atoms with Crippen molar-refractivity contribution in [2.24, 2.45) is 0 Å². The molecule has 0 aromatic carbocycles. The molecule has 1 aliphatic rings. The summed E-state index contributed by atoms with van der Waals surface area (Å²) in [5.41, 5.74) is 0.810. The molecule has 1 nitrogen and oxygen atoms in total. The molecule has 0 aromatic heterocycles. The second kappa shape index (κ2) is 1.75. The molecular weight excluding hydrogens is 92.1 g/mol. The van der Waals surface area contributed by atoms with Crippen LogP contribution in [0.15, 0.2) is 0 Å². The van der Waals surface area contributed by atoms with Gasteiger partial charge in [0.2, 0.25) is 0 Å². The van der Waals surface area contributed by atoms with Crippen molar-refractivity contribution in [3.05, 3.63) is 0 Å². The smallest absolute Gasteiger partial charge is 0.159 e. The lowest BCUT2D eigenvalue weighted by Gasteiger charge is -2.21. The molecule has 1 rings (SSSR count). The molecule has 1 saturated carbocycles. The molecule has 0 atom stereocenters. The highest BCUT2D eigenvalue weighted by Gasteiger charge is 2.15. The van der Waals surface area contributed by atoms with Crippen LogP contribution in [0.2, 0.25) is 5.54 Å². The normalized spacial score (nSPS) is 25.5. The summed E-state index contributed by atoms with van der Waals surface area (Å²) in [6, 6.07) is 0. The van der Waals surface area contributed by atoms with Gasteiger partial charge in [0.15, 0.2) is 9.76 Å². The maximum atomic E-state index is 8.52. The first-order valence-corrected chi connectivity index (χ1v) is 3.99. The Bertz CT molecular complexity index is 40.1. The first-order chi connectivity index (χ1) is 2.93. The van der Waals surface area contributed by atoms with Crippen LogP contribution in [0.3, 0.4) is 0 Å². The van der Waals surface area contributed by atoms with E-state index in [1.54, 1.807) is 0 Å². The van der Waals surface area contributed by atoms with E-state index in [4.69, 9.17) is 4.80 Å². The summed E-state index contributed by atoms with van der Waals surface area (Å²) >= 11 is 0. The fraction of sp³-hybridized carbons (Fsp3) is 1.00. The highest BCUT2D eigenvalue weighted by molar-refractivity contribution is 6.28. The average molecular weight is 102 g/mol. The Morgan fingerprint density at radius 2 is 2.17 bits per heavy atom. The minimum Gasteiger partial charge on any atom is -0.438 e. The lowest BCUT2D eigenvalue weighted by atomic mass is 10.00. The molecular formula is C4H10OSi. The lowest BCUT2D eigenvalue weighted by Crippen LogP contribution is -2.10. The third kappa shape index (κ3) is 0.630. The third-order valence-corrected chi connectivity index (χ3v) is 2.82. The van der Waals surface area contributed by atoms with Crippen molar-refractivity contribution < 1.29 is 4.80 Å². The van der Waals surface area contributed by atoms with E-state index in [0.717, 1.165) is 5.54 Å². The van der Waals surface area contributed by atoms with Gasteiger partial charge < -0.3 is 4.80 Å². The molecule has 0 heterocycles. The van der Waals surface area contributed by atoms with Crippen LogP contribution in [-0.4, -0.2) is 14.6 Å². The zero-order valence-electron chi connectivity index (χ0n) is 3.85. The van der Waals surface area contributed by atoms with Crippen molar-refractivity contribution in [3.63, 3.8) is 0 Å². The predicted octanol–water partition coefficient (Wildman–Crippen LogP) is 0.0349. The Hall–Kier alpha value is 0.177. The summed E-state index contributed by atoms with van der Waals surface area (Å²) in [7, 11) is -0.575. The van der Waals surface area contributed by atoms with Gasteiger partial charge in [0.05, 0.1) is 0 Å². The highest BCUT2D eigenvalue weighted by atomic mass is 28.2. The zero-order chi connectivity index (χ0) is 4.41. The van der Waals surface area contributed by atoms with Crippen LogP contribution in [0.5, 0.6) is 0 Å². The molecule has 1 aliphatic carbocycles. The van der Waals surface area contributed by atoms with Crippen LogP contribution in [0.4, 0.5) is 0 Å². The van der Waals surface area contributed by atoms with Gasteiger partial charge in [-0.05, 0) is 5.54 Å². The third-order valence-electron chi connectivity index (χ3n) is 1.48. The summed E-state index contributed by atoms with van der Waals surface area (Å²) in [4.78, 5) is 8.52. The summed E-state index contributed by atoms with van der Waals surface area (Å²) in [5, 5.41) is 0. The van der Waals surface area contributed by atoms with Gasteiger partial charge >= 0.3 is 0 Å². The molecule has 0 spiro atoms. The van der Waals surface area contributed by atoms with E-state index in [0.29, 0.717) is 0 Å². The van der Waals surface area contributed by atoms with Crippen LogP contribution in [0.25, 0.3) is 0 Å². The standard InChI is InChI=1S/C4H10OSi/c5-6-4-2-1-3-4/h4-5H,1-3,6H2. The van der Waals surface area contributed by atoms with Gasteiger partial charge in [-0.25, -0.2) is 0 Å². The van der Waals surface area contributed by atoms with Gasteiger partial charge in [0.25, 0.3) is 0 Å². The van der Waals surface area contributed by atoms with Gasteiger partial charge in [-0.1, -0.05) is 19.3 Å².